The van der Waals surface area contributed by atoms with Crippen molar-refractivity contribution in [1.29, 1.82) is 0 Å². The van der Waals surface area contributed by atoms with E-state index in [9.17, 15) is 14.9 Å². The summed E-state index contributed by atoms with van der Waals surface area (Å²) in [6.45, 7) is 6.02. The highest BCUT2D eigenvalue weighted by Crippen LogP contribution is 2.29. The Hall–Kier alpha value is -2.15. The number of hydrogen-bond acceptors (Lipinski definition) is 5. The molecule has 20 heavy (non-hydrogen) atoms. The largest absolute Gasteiger partial charge is 0.490 e. The van der Waals surface area contributed by atoms with E-state index in [-0.39, 0.29) is 17.3 Å². The van der Waals surface area contributed by atoms with Crippen molar-refractivity contribution in [2.24, 2.45) is 0 Å². The second-order valence-electron chi connectivity index (χ2n) is 4.75. The molecule has 0 atom stereocenters. The van der Waals surface area contributed by atoms with Crippen molar-refractivity contribution < 1.29 is 14.5 Å². The number of benzene rings is 1. The molecule has 1 aromatic rings. The van der Waals surface area contributed by atoms with Crippen LogP contribution >= 0.6 is 0 Å². The molecule has 1 aromatic carbocycles. The molecule has 0 radical (unpaired) electrons. The van der Waals surface area contributed by atoms with Crippen LogP contribution in [0.2, 0.25) is 0 Å². The lowest BCUT2D eigenvalue weighted by molar-refractivity contribution is -0.385. The van der Waals surface area contributed by atoms with Crippen LogP contribution in [0.15, 0.2) is 18.2 Å². The standard InChI is InChI=1S/C13H19N3O4/c1-5-14-13(2,3)12(17)15-9-6-7-11(20-4)10(8-9)16(18)19/h6-8,14H,5H2,1-4H3,(H,15,17). The lowest BCUT2D eigenvalue weighted by Crippen LogP contribution is -2.49. The molecule has 7 heteroatoms. The molecular formula is C13H19N3O4. The molecule has 0 heterocycles. The van der Waals surface area contributed by atoms with Crippen LogP contribution in [0.4, 0.5) is 11.4 Å². The maximum absolute atomic E-state index is 12.1. The van der Waals surface area contributed by atoms with Crippen LogP contribution in [-0.4, -0.2) is 30.0 Å². The topological polar surface area (TPSA) is 93.5 Å². The highest BCUT2D eigenvalue weighted by Gasteiger charge is 2.27. The molecule has 7 nitrogen and oxygen atoms in total. The van der Waals surface area contributed by atoms with Crippen LogP contribution in [0.25, 0.3) is 0 Å². The van der Waals surface area contributed by atoms with Gasteiger partial charge in [-0.05, 0) is 32.5 Å². The van der Waals surface area contributed by atoms with Crippen LogP contribution in [0.3, 0.4) is 0 Å². The number of nitrogens with one attached hydrogen (secondary N) is 2. The van der Waals surface area contributed by atoms with Crippen molar-refractivity contribution in [3.63, 3.8) is 0 Å². The van der Waals surface area contributed by atoms with Crippen LogP contribution in [0.5, 0.6) is 5.75 Å². The van der Waals surface area contributed by atoms with Crippen molar-refractivity contribution in [3.8, 4) is 5.75 Å². The van der Waals surface area contributed by atoms with E-state index in [2.05, 4.69) is 10.6 Å². The van der Waals surface area contributed by atoms with E-state index in [4.69, 9.17) is 4.74 Å². The number of hydrogen-bond donors (Lipinski definition) is 2. The van der Waals surface area contributed by atoms with E-state index in [0.717, 1.165) is 0 Å². The van der Waals surface area contributed by atoms with Gasteiger partial charge in [0.25, 0.3) is 0 Å². The molecule has 0 aromatic heterocycles. The maximum Gasteiger partial charge on any atom is 0.312 e. The molecule has 110 valence electrons. The number of anilines is 1. The summed E-state index contributed by atoms with van der Waals surface area (Å²) >= 11 is 0. The summed E-state index contributed by atoms with van der Waals surface area (Å²) in [5.41, 5.74) is -0.594. The van der Waals surface area contributed by atoms with Gasteiger partial charge in [-0.25, -0.2) is 0 Å². The molecule has 0 saturated carbocycles. The number of likely N-dealkylation sites (N-methyl/N-ethyl adjacent to an activating group) is 1. The number of ether oxygens (including phenoxy) is 1. The van der Waals surface area contributed by atoms with Crippen LogP contribution in [-0.2, 0) is 4.79 Å². The number of nitro groups is 1. The Morgan fingerprint density at radius 2 is 2.10 bits per heavy atom. The molecule has 0 aliphatic heterocycles. The van der Waals surface area contributed by atoms with Gasteiger partial charge in [0.1, 0.15) is 0 Å². The molecule has 0 saturated heterocycles. The first-order valence-electron chi connectivity index (χ1n) is 6.20. The Balaban J connectivity index is 2.96. The third-order valence-corrected chi connectivity index (χ3v) is 2.82. The molecule has 0 aliphatic rings. The Morgan fingerprint density at radius 1 is 1.45 bits per heavy atom. The minimum absolute atomic E-state index is 0.152. The second kappa shape index (κ2) is 6.33. The zero-order valence-electron chi connectivity index (χ0n) is 12.0. The lowest BCUT2D eigenvalue weighted by atomic mass is 10.0. The SMILES string of the molecule is CCNC(C)(C)C(=O)Nc1ccc(OC)c([N+](=O)[O-])c1. The molecular weight excluding hydrogens is 262 g/mol. The van der Waals surface area contributed by atoms with Crippen molar-refractivity contribution >= 4 is 17.3 Å². The predicted octanol–water partition coefficient (Wildman–Crippen LogP) is 1.93. The van der Waals surface area contributed by atoms with Gasteiger partial charge in [-0.2, -0.15) is 0 Å². The molecule has 1 amide bonds. The third kappa shape index (κ3) is 3.67. The van der Waals surface area contributed by atoms with Crippen molar-refractivity contribution in [1.82, 2.24) is 5.32 Å². The average molecular weight is 281 g/mol. The van der Waals surface area contributed by atoms with E-state index in [1.165, 1.54) is 19.2 Å². The van der Waals surface area contributed by atoms with E-state index in [1.54, 1.807) is 19.9 Å². The number of carbonyl (C=O) groups is 1. The quantitative estimate of drug-likeness (QED) is 0.614. The molecule has 0 aliphatic carbocycles. The first-order chi connectivity index (χ1) is 9.31. The fourth-order valence-electron chi connectivity index (χ4n) is 1.72. The Bertz CT molecular complexity index is 514. The van der Waals surface area contributed by atoms with Crippen LogP contribution in [0, 0.1) is 10.1 Å². The van der Waals surface area contributed by atoms with Gasteiger partial charge in [-0.1, -0.05) is 6.92 Å². The minimum Gasteiger partial charge on any atom is -0.490 e. The van der Waals surface area contributed by atoms with E-state index >= 15 is 0 Å². The van der Waals surface area contributed by atoms with Gasteiger partial charge < -0.3 is 15.4 Å². The molecule has 0 bridgehead atoms. The molecule has 0 spiro atoms. The number of nitrogens with zero attached hydrogens (tertiary/aromatic N) is 1. The third-order valence-electron chi connectivity index (χ3n) is 2.82. The van der Waals surface area contributed by atoms with E-state index in [0.29, 0.717) is 12.2 Å². The summed E-state index contributed by atoms with van der Waals surface area (Å²) in [6.07, 6.45) is 0. The zero-order chi connectivity index (χ0) is 15.3. The average Bonchev–Trinajstić information content (AvgIpc) is 2.38. The molecule has 1 rings (SSSR count). The van der Waals surface area contributed by atoms with Gasteiger partial charge in [0.05, 0.1) is 17.6 Å². The minimum atomic E-state index is -0.760. The van der Waals surface area contributed by atoms with Crippen LogP contribution in [0.1, 0.15) is 20.8 Å². The number of amides is 1. The summed E-state index contributed by atoms with van der Waals surface area (Å²) in [5, 5.41) is 16.6. The molecule has 0 fully saturated rings. The summed E-state index contributed by atoms with van der Waals surface area (Å²) < 4.78 is 4.91. The van der Waals surface area contributed by atoms with Gasteiger partial charge in [0.2, 0.25) is 5.91 Å². The van der Waals surface area contributed by atoms with Crippen molar-refractivity contribution in [3.05, 3.63) is 28.3 Å². The van der Waals surface area contributed by atoms with Gasteiger partial charge in [0, 0.05) is 11.8 Å². The smallest absolute Gasteiger partial charge is 0.312 e. The number of nitro benzene ring substituents is 1. The Kier molecular flexibility index (Phi) is 5.04. The first kappa shape index (κ1) is 15.9. The normalized spacial score (nSPS) is 11.0. The highest BCUT2D eigenvalue weighted by molar-refractivity contribution is 5.97. The van der Waals surface area contributed by atoms with E-state index < -0.39 is 10.5 Å². The fourth-order valence-corrected chi connectivity index (χ4v) is 1.72. The van der Waals surface area contributed by atoms with E-state index in [1.807, 2.05) is 6.92 Å². The second-order valence-corrected chi connectivity index (χ2v) is 4.75. The fraction of sp³-hybridized carbons (Fsp3) is 0.462. The Morgan fingerprint density at radius 3 is 2.60 bits per heavy atom. The van der Waals surface area contributed by atoms with Gasteiger partial charge in [0.15, 0.2) is 5.75 Å². The number of rotatable bonds is 6. The van der Waals surface area contributed by atoms with Crippen LogP contribution < -0.4 is 15.4 Å². The molecule has 0 unspecified atom stereocenters. The number of methoxy groups -OCH3 is 1. The number of carbonyl (C=O) groups excluding carboxylic acids is 1. The van der Waals surface area contributed by atoms with Gasteiger partial charge in [-0.3, -0.25) is 14.9 Å². The summed E-state index contributed by atoms with van der Waals surface area (Å²) in [4.78, 5) is 22.5. The van der Waals surface area contributed by atoms with Crippen molar-refractivity contribution in [2.75, 3.05) is 19.0 Å². The summed E-state index contributed by atoms with van der Waals surface area (Å²) in [7, 11) is 1.36. The lowest BCUT2D eigenvalue weighted by Gasteiger charge is -2.24. The predicted molar refractivity (Wildman–Crippen MR) is 76.0 cm³/mol. The van der Waals surface area contributed by atoms with Gasteiger partial charge in [-0.15, -0.1) is 0 Å². The van der Waals surface area contributed by atoms with Gasteiger partial charge >= 0.3 is 5.69 Å². The maximum atomic E-state index is 12.1. The van der Waals surface area contributed by atoms with Crippen molar-refractivity contribution in [2.45, 2.75) is 26.3 Å². The zero-order valence-corrected chi connectivity index (χ0v) is 12.0. The summed E-state index contributed by atoms with van der Waals surface area (Å²) in [6, 6.07) is 4.29. The monoisotopic (exact) mass is 281 g/mol. The first-order valence-corrected chi connectivity index (χ1v) is 6.20. The molecule has 2 N–H and O–H groups in total. The Labute approximate surface area is 117 Å². The summed E-state index contributed by atoms with van der Waals surface area (Å²) in [5.74, 6) is -0.113. The highest BCUT2D eigenvalue weighted by atomic mass is 16.6.